The van der Waals surface area contributed by atoms with Crippen molar-refractivity contribution >= 4 is 57.5 Å². The molecule has 8 nitrogen and oxygen atoms in total. The molecule has 0 spiro atoms. The van der Waals surface area contributed by atoms with E-state index in [9.17, 15) is 19.5 Å². The maximum Gasteiger partial charge on any atom is 0.335 e. The summed E-state index contributed by atoms with van der Waals surface area (Å²) < 4.78 is 17.4. The molecule has 0 atom stereocenters. The molecule has 0 bridgehead atoms. The normalized spacial score (nSPS) is 14.8. The van der Waals surface area contributed by atoms with Crippen LogP contribution >= 0.6 is 34.4 Å². The molecule has 33 heavy (non-hydrogen) atoms. The first-order valence-corrected chi connectivity index (χ1v) is 11.9. The van der Waals surface area contributed by atoms with Crippen LogP contribution in [0.5, 0.6) is 11.5 Å². The van der Waals surface area contributed by atoms with Crippen LogP contribution in [0.4, 0.5) is 4.79 Å². The Morgan fingerprint density at radius 3 is 2.70 bits per heavy atom. The second-order valence-corrected chi connectivity index (χ2v) is 9.04. The first kappa shape index (κ1) is 25.1. The Morgan fingerprint density at radius 2 is 2.00 bits per heavy atom. The molecule has 1 heterocycles. The zero-order chi connectivity index (χ0) is 24.0. The lowest BCUT2D eigenvalue weighted by molar-refractivity contribution is -0.123. The Balaban J connectivity index is 1.83. The number of carbonyl (C=O) groups is 3. The van der Waals surface area contributed by atoms with Gasteiger partial charge in [-0.2, -0.15) is 0 Å². The summed E-state index contributed by atoms with van der Waals surface area (Å²) in [5, 5.41) is 8.84. The number of nitrogens with zero attached hydrogens (tertiary/aromatic N) is 1. The smallest absolute Gasteiger partial charge is 0.335 e. The maximum absolute atomic E-state index is 12.6. The third-order valence-corrected chi connectivity index (χ3v) is 6.29. The molecule has 10 heteroatoms. The molecular formula is C23H22INO7S. The second kappa shape index (κ2) is 11.5. The van der Waals surface area contributed by atoms with E-state index in [1.807, 2.05) is 13.0 Å². The van der Waals surface area contributed by atoms with Gasteiger partial charge in [0.15, 0.2) is 11.5 Å². The van der Waals surface area contributed by atoms with Crippen LogP contribution in [0.15, 0.2) is 41.3 Å². The van der Waals surface area contributed by atoms with Gasteiger partial charge in [-0.1, -0.05) is 12.1 Å². The highest BCUT2D eigenvalue weighted by Crippen LogP contribution is 2.37. The van der Waals surface area contributed by atoms with E-state index >= 15 is 0 Å². The topological polar surface area (TPSA) is 102 Å². The quantitative estimate of drug-likeness (QED) is 0.319. The summed E-state index contributed by atoms with van der Waals surface area (Å²) in [6.45, 7) is 2.89. The molecule has 2 amide bonds. The van der Waals surface area contributed by atoms with Crippen molar-refractivity contribution in [2.24, 2.45) is 0 Å². The number of benzene rings is 2. The van der Waals surface area contributed by atoms with Crippen molar-refractivity contribution in [3.05, 3.63) is 61.6 Å². The minimum Gasteiger partial charge on any atom is -0.490 e. The molecule has 0 saturated carbocycles. The van der Waals surface area contributed by atoms with Crippen LogP contribution in [-0.2, 0) is 16.1 Å². The van der Waals surface area contributed by atoms with Gasteiger partial charge in [0, 0.05) is 7.11 Å². The zero-order valence-electron chi connectivity index (χ0n) is 18.0. The lowest BCUT2D eigenvalue weighted by atomic mass is 10.1. The molecule has 3 rings (SSSR count). The molecule has 0 aliphatic carbocycles. The van der Waals surface area contributed by atoms with Gasteiger partial charge in [0.1, 0.15) is 6.61 Å². The maximum atomic E-state index is 12.6. The fraction of sp³-hybridized carbons (Fsp3) is 0.261. The number of hydrogen-bond donors (Lipinski definition) is 1. The first-order chi connectivity index (χ1) is 15.8. The van der Waals surface area contributed by atoms with Crippen molar-refractivity contribution < 1.29 is 33.7 Å². The van der Waals surface area contributed by atoms with Gasteiger partial charge < -0.3 is 19.3 Å². The van der Waals surface area contributed by atoms with Crippen LogP contribution in [0.3, 0.4) is 0 Å². The van der Waals surface area contributed by atoms with E-state index in [-0.39, 0.29) is 36.5 Å². The molecule has 1 saturated heterocycles. The van der Waals surface area contributed by atoms with Gasteiger partial charge in [0.05, 0.1) is 33.8 Å². The SMILES string of the molecule is CCOc1cc(/C=C2/SC(=O)N(CCOC)C2=O)cc(I)c1OCc1cccc(C(=O)O)c1. The van der Waals surface area contributed by atoms with Gasteiger partial charge in [-0.25, -0.2) is 4.79 Å². The molecule has 0 unspecified atom stereocenters. The molecule has 2 aromatic carbocycles. The van der Waals surface area contributed by atoms with Gasteiger partial charge in [-0.3, -0.25) is 14.5 Å². The van der Waals surface area contributed by atoms with E-state index in [4.69, 9.17) is 14.2 Å². The van der Waals surface area contributed by atoms with Gasteiger partial charge in [-0.05, 0) is 82.7 Å². The number of halogens is 1. The number of ether oxygens (including phenoxy) is 3. The molecule has 0 radical (unpaired) electrons. The van der Waals surface area contributed by atoms with Crippen LogP contribution in [0.25, 0.3) is 6.08 Å². The fourth-order valence-electron chi connectivity index (χ4n) is 3.05. The number of hydrogen-bond acceptors (Lipinski definition) is 7. The second-order valence-electron chi connectivity index (χ2n) is 6.88. The lowest BCUT2D eigenvalue weighted by Crippen LogP contribution is -2.31. The van der Waals surface area contributed by atoms with Crippen LogP contribution in [-0.4, -0.2) is 54.0 Å². The van der Waals surface area contributed by atoms with Gasteiger partial charge in [0.2, 0.25) is 0 Å². The Labute approximate surface area is 209 Å². The predicted octanol–water partition coefficient (Wildman–Crippen LogP) is 4.65. The van der Waals surface area contributed by atoms with Crippen molar-refractivity contribution in [1.29, 1.82) is 0 Å². The van der Waals surface area contributed by atoms with Gasteiger partial charge >= 0.3 is 5.97 Å². The number of carboxylic acid groups (broad SMARTS) is 1. The average molecular weight is 583 g/mol. The molecule has 0 aromatic heterocycles. The summed E-state index contributed by atoms with van der Waals surface area (Å²) in [6, 6.07) is 10.1. The third kappa shape index (κ3) is 6.27. The standard InChI is InChI=1S/C23H22INO7S/c1-3-31-18-11-15(12-19-21(26)25(7-8-30-2)23(29)33-19)10-17(24)20(18)32-13-14-5-4-6-16(9-14)22(27)28/h4-6,9-12H,3,7-8,13H2,1-2H3,(H,27,28)/b19-12+. The molecule has 2 aromatic rings. The van der Waals surface area contributed by atoms with Gasteiger partial charge in [0.25, 0.3) is 11.1 Å². The van der Waals surface area contributed by atoms with E-state index in [0.29, 0.717) is 34.1 Å². The van der Waals surface area contributed by atoms with E-state index in [1.165, 1.54) is 13.2 Å². The number of aromatic carboxylic acids is 1. The highest BCUT2D eigenvalue weighted by atomic mass is 127. The summed E-state index contributed by atoms with van der Waals surface area (Å²) >= 11 is 3.00. The third-order valence-electron chi connectivity index (χ3n) is 4.58. The van der Waals surface area contributed by atoms with Gasteiger partial charge in [-0.15, -0.1) is 0 Å². The van der Waals surface area contributed by atoms with Crippen molar-refractivity contribution in [3.63, 3.8) is 0 Å². The number of amides is 2. The zero-order valence-corrected chi connectivity index (χ0v) is 21.0. The number of imide groups is 1. The largest absolute Gasteiger partial charge is 0.490 e. The molecule has 174 valence electrons. The number of carbonyl (C=O) groups excluding carboxylic acids is 2. The molecule has 1 aliphatic heterocycles. The summed E-state index contributed by atoms with van der Waals surface area (Å²) in [5.74, 6) is -0.349. The number of methoxy groups -OCH3 is 1. The monoisotopic (exact) mass is 583 g/mol. The summed E-state index contributed by atoms with van der Waals surface area (Å²) in [5.41, 5.74) is 1.59. The lowest BCUT2D eigenvalue weighted by Gasteiger charge is -2.15. The Morgan fingerprint density at radius 1 is 1.21 bits per heavy atom. The average Bonchev–Trinajstić information content (AvgIpc) is 3.04. The fourth-order valence-corrected chi connectivity index (χ4v) is 4.70. The molecular weight excluding hydrogens is 561 g/mol. The van der Waals surface area contributed by atoms with Crippen LogP contribution in [0.1, 0.15) is 28.4 Å². The minimum absolute atomic E-state index is 0.162. The molecule has 1 N–H and O–H groups in total. The van der Waals surface area contributed by atoms with Crippen molar-refractivity contribution in [2.45, 2.75) is 13.5 Å². The van der Waals surface area contributed by atoms with Crippen molar-refractivity contribution in [3.8, 4) is 11.5 Å². The number of thioether (sulfide) groups is 1. The van der Waals surface area contributed by atoms with E-state index in [1.54, 1.807) is 30.3 Å². The van der Waals surface area contributed by atoms with Crippen LogP contribution in [0, 0.1) is 3.57 Å². The summed E-state index contributed by atoms with van der Waals surface area (Å²) in [7, 11) is 1.51. The predicted molar refractivity (Wildman–Crippen MR) is 133 cm³/mol. The number of carboxylic acids is 1. The summed E-state index contributed by atoms with van der Waals surface area (Å²) in [6.07, 6.45) is 1.66. The number of rotatable bonds is 10. The van der Waals surface area contributed by atoms with E-state index < -0.39 is 5.97 Å². The molecule has 1 fully saturated rings. The van der Waals surface area contributed by atoms with E-state index in [0.717, 1.165) is 20.2 Å². The highest BCUT2D eigenvalue weighted by molar-refractivity contribution is 14.1. The Bertz CT molecular complexity index is 1100. The highest BCUT2D eigenvalue weighted by Gasteiger charge is 2.34. The Kier molecular flexibility index (Phi) is 8.75. The van der Waals surface area contributed by atoms with Crippen molar-refractivity contribution in [1.82, 2.24) is 4.90 Å². The first-order valence-electron chi connectivity index (χ1n) is 9.99. The van der Waals surface area contributed by atoms with E-state index in [2.05, 4.69) is 22.6 Å². The van der Waals surface area contributed by atoms with Crippen LogP contribution in [0.2, 0.25) is 0 Å². The Hall–Kier alpha value is -2.57. The summed E-state index contributed by atoms with van der Waals surface area (Å²) in [4.78, 5) is 37.4. The minimum atomic E-state index is -1.00. The molecule has 1 aliphatic rings. The van der Waals surface area contributed by atoms with Crippen molar-refractivity contribution in [2.75, 3.05) is 26.9 Å². The van der Waals surface area contributed by atoms with Crippen LogP contribution < -0.4 is 9.47 Å².